The fraction of sp³-hybridized carbons (Fsp3) is 0.417. The Hall–Kier alpha value is -1.31. The maximum Gasteiger partial charge on any atom is 0.311 e. The van der Waals surface area contributed by atoms with E-state index < -0.39 is 0 Å². The lowest BCUT2D eigenvalue weighted by Crippen LogP contribution is -2.05. The van der Waals surface area contributed by atoms with Crippen LogP contribution in [-0.4, -0.2) is 5.97 Å². The van der Waals surface area contributed by atoms with E-state index in [4.69, 9.17) is 4.74 Å². The van der Waals surface area contributed by atoms with Crippen molar-refractivity contribution in [3.05, 3.63) is 28.8 Å². The first-order chi connectivity index (χ1) is 6.66. The number of carbonyl (C=O) groups excluding carboxylic acids is 1. The fourth-order valence-electron chi connectivity index (χ4n) is 1.74. The van der Waals surface area contributed by atoms with Gasteiger partial charge in [-0.15, -0.1) is 0 Å². The van der Waals surface area contributed by atoms with Crippen molar-refractivity contribution in [3.8, 4) is 5.75 Å². The summed E-state index contributed by atoms with van der Waals surface area (Å²) in [7, 11) is 0. The number of aryl methyl sites for hydroxylation is 3. The number of rotatable bonds is 0. The SMILES string of the molecule is Cc1cc2c(cc1C)OC(=O)CCC2. The second kappa shape index (κ2) is 3.45. The minimum absolute atomic E-state index is 0.105. The molecule has 1 heterocycles. The number of hydrogen-bond acceptors (Lipinski definition) is 2. The van der Waals surface area contributed by atoms with Gasteiger partial charge < -0.3 is 4.74 Å². The van der Waals surface area contributed by atoms with E-state index >= 15 is 0 Å². The van der Waals surface area contributed by atoms with E-state index in [1.54, 1.807) is 0 Å². The highest BCUT2D eigenvalue weighted by Crippen LogP contribution is 2.27. The Morgan fingerprint density at radius 1 is 1.14 bits per heavy atom. The van der Waals surface area contributed by atoms with Crippen LogP contribution in [0.25, 0.3) is 0 Å². The van der Waals surface area contributed by atoms with Gasteiger partial charge in [0.25, 0.3) is 0 Å². The van der Waals surface area contributed by atoms with E-state index in [0.717, 1.165) is 18.6 Å². The lowest BCUT2D eigenvalue weighted by Gasteiger charge is -2.08. The molecule has 0 unspecified atom stereocenters. The molecule has 0 aliphatic carbocycles. The topological polar surface area (TPSA) is 26.3 Å². The highest BCUT2D eigenvalue weighted by atomic mass is 16.5. The quantitative estimate of drug-likeness (QED) is 0.464. The predicted molar refractivity (Wildman–Crippen MR) is 54.5 cm³/mol. The standard InChI is InChI=1S/C12H14O2/c1-8-6-10-4-3-5-12(13)14-11(10)7-9(8)2/h6-7H,3-5H2,1-2H3. The molecule has 0 spiro atoms. The van der Waals surface area contributed by atoms with Crippen molar-refractivity contribution in [1.29, 1.82) is 0 Å². The molecule has 0 bridgehead atoms. The predicted octanol–water partition coefficient (Wildman–Crippen LogP) is 2.55. The molecule has 1 aliphatic rings. The van der Waals surface area contributed by atoms with E-state index in [0.29, 0.717) is 6.42 Å². The van der Waals surface area contributed by atoms with Crippen molar-refractivity contribution in [2.24, 2.45) is 0 Å². The molecule has 1 aliphatic heterocycles. The zero-order chi connectivity index (χ0) is 10.1. The molecular weight excluding hydrogens is 176 g/mol. The first kappa shape index (κ1) is 9.25. The molecule has 0 amide bonds. The average Bonchev–Trinajstić information content (AvgIpc) is 2.28. The van der Waals surface area contributed by atoms with Gasteiger partial charge in [-0.1, -0.05) is 6.07 Å². The van der Waals surface area contributed by atoms with Crippen LogP contribution in [0.4, 0.5) is 0 Å². The summed E-state index contributed by atoms with van der Waals surface area (Å²) in [6.45, 7) is 4.12. The summed E-state index contributed by atoms with van der Waals surface area (Å²) in [5.74, 6) is 0.655. The van der Waals surface area contributed by atoms with Crippen molar-refractivity contribution >= 4 is 5.97 Å². The number of esters is 1. The summed E-state index contributed by atoms with van der Waals surface area (Å²) < 4.78 is 5.25. The van der Waals surface area contributed by atoms with Crippen molar-refractivity contribution in [1.82, 2.24) is 0 Å². The van der Waals surface area contributed by atoms with Gasteiger partial charge in [-0.2, -0.15) is 0 Å². The Morgan fingerprint density at radius 2 is 1.86 bits per heavy atom. The van der Waals surface area contributed by atoms with Crippen LogP contribution in [-0.2, 0) is 11.2 Å². The molecular formula is C12H14O2. The third-order valence-corrected chi connectivity index (χ3v) is 2.73. The molecule has 2 rings (SSSR count). The number of benzene rings is 1. The second-order valence-corrected chi connectivity index (χ2v) is 3.87. The highest BCUT2D eigenvalue weighted by molar-refractivity contribution is 5.73. The van der Waals surface area contributed by atoms with Gasteiger partial charge in [-0.3, -0.25) is 4.79 Å². The minimum atomic E-state index is -0.105. The third kappa shape index (κ3) is 1.65. The summed E-state index contributed by atoms with van der Waals surface area (Å²) in [6, 6.07) is 4.09. The molecule has 74 valence electrons. The monoisotopic (exact) mass is 190 g/mol. The Kier molecular flexibility index (Phi) is 2.28. The van der Waals surface area contributed by atoms with Crippen molar-refractivity contribution < 1.29 is 9.53 Å². The lowest BCUT2D eigenvalue weighted by molar-refractivity contribution is -0.134. The third-order valence-electron chi connectivity index (χ3n) is 2.73. The van der Waals surface area contributed by atoms with Crippen molar-refractivity contribution in [2.75, 3.05) is 0 Å². The highest BCUT2D eigenvalue weighted by Gasteiger charge is 2.15. The van der Waals surface area contributed by atoms with Crippen LogP contribution in [0.15, 0.2) is 12.1 Å². The second-order valence-electron chi connectivity index (χ2n) is 3.87. The molecule has 0 saturated carbocycles. The zero-order valence-corrected chi connectivity index (χ0v) is 8.59. The van der Waals surface area contributed by atoms with Crippen LogP contribution in [0.5, 0.6) is 5.75 Å². The number of carbonyl (C=O) groups is 1. The van der Waals surface area contributed by atoms with Gasteiger partial charge in [-0.25, -0.2) is 0 Å². The number of hydrogen-bond donors (Lipinski definition) is 0. The summed E-state index contributed by atoms with van der Waals surface area (Å²) >= 11 is 0. The first-order valence-electron chi connectivity index (χ1n) is 4.97. The van der Waals surface area contributed by atoms with E-state index in [1.165, 1.54) is 16.7 Å². The number of fused-ring (bicyclic) bond motifs is 1. The molecule has 0 saturated heterocycles. The van der Waals surface area contributed by atoms with Gasteiger partial charge in [-0.05, 0) is 49.4 Å². The Labute approximate surface area is 83.9 Å². The molecule has 2 heteroatoms. The van der Waals surface area contributed by atoms with Crippen LogP contribution in [0.1, 0.15) is 29.5 Å². The normalized spacial score (nSPS) is 15.7. The van der Waals surface area contributed by atoms with Gasteiger partial charge in [0.05, 0.1) is 0 Å². The fourth-order valence-corrected chi connectivity index (χ4v) is 1.74. The van der Waals surface area contributed by atoms with Crippen LogP contribution >= 0.6 is 0 Å². The molecule has 1 aromatic carbocycles. The Bertz CT molecular complexity index is 380. The summed E-state index contributed by atoms with van der Waals surface area (Å²) in [5.41, 5.74) is 3.61. The maximum atomic E-state index is 11.2. The van der Waals surface area contributed by atoms with Gasteiger partial charge >= 0.3 is 5.97 Å². The van der Waals surface area contributed by atoms with E-state index in [9.17, 15) is 4.79 Å². The van der Waals surface area contributed by atoms with Crippen LogP contribution < -0.4 is 4.74 Å². The Morgan fingerprint density at radius 3 is 2.64 bits per heavy atom. The molecule has 0 N–H and O–H groups in total. The van der Waals surface area contributed by atoms with Crippen LogP contribution in [0.3, 0.4) is 0 Å². The van der Waals surface area contributed by atoms with Crippen LogP contribution in [0, 0.1) is 13.8 Å². The maximum absolute atomic E-state index is 11.2. The molecule has 2 nitrogen and oxygen atoms in total. The number of ether oxygens (including phenoxy) is 1. The van der Waals surface area contributed by atoms with Crippen LogP contribution in [0.2, 0.25) is 0 Å². The van der Waals surface area contributed by atoms with Crippen molar-refractivity contribution in [3.63, 3.8) is 0 Å². The van der Waals surface area contributed by atoms with E-state index in [1.807, 2.05) is 13.0 Å². The molecule has 0 atom stereocenters. The molecule has 1 aromatic rings. The lowest BCUT2D eigenvalue weighted by atomic mass is 10.0. The minimum Gasteiger partial charge on any atom is -0.426 e. The van der Waals surface area contributed by atoms with E-state index in [-0.39, 0.29) is 5.97 Å². The molecule has 0 fully saturated rings. The van der Waals surface area contributed by atoms with Gasteiger partial charge in [0, 0.05) is 6.42 Å². The smallest absolute Gasteiger partial charge is 0.311 e. The Balaban J connectivity index is 2.46. The van der Waals surface area contributed by atoms with Gasteiger partial charge in [0.2, 0.25) is 0 Å². The van der Waals surface area contributed by atoms with Crippen molar-refractivity contribution in [2.45, 2.75) is 33.1 Å². The molecule has 14 heavy (non-hydrogen) atoms. The van der Waals surface area contributed by atoms with Gasteiger partial charge in [0.15, 0.2) is 0 Å². The summed E-state index contributed by atoms with van der Waals surface area (Å²) in [4.78, 5) is 11.2. The molecule has 0 aromatic heterocycles. The largest absolute Gasteiger partial charge is 0.426 e. The average molecular weight is 190 g/mol. The molecule has 0 radical (unpaired) electrons. The summed E-state index contributed by atoms with van der Waals surface area (Å²) in [6.07, 6.45) is 2.38. The summed E-state index contributed by atoms with van der Waals surface area (Å²) in [5, 5.41) is 0. The van der Waals surface area contributed by atoms with Gasteiger partial charge in [0.1, 0.15) is 5.75 Å². The van der Waals surface area contributed by atoms with E-state index in [2.05, 4.69) is 13.0 Å². The zero-order valence-electron chi connectivity index (χ0n) is 8.59. The first-order valence-corrected chi connectivity index (χ1v) is 4.97.